The van der Waals surface area contributed by atoms with Crippen LogP contribution in [0.3, 0.4) is 0 Å². The molecule has 0 fully saturated rings. The van der Waals surface area contributed by atoms with Gasteiger partial charge >= 0.3 is 0 Å². The van der Waals surface area contributed by atoms with Crippen molar-refractivity contribution in [3.63, 3.8) is 0 Å². The SMILES string of the molecule is COc1cccc(Oc2cc(Br)ccc2F)c1C(C)O. The second kappa shape index (κ2) is 6.24. The lowest BCUT2D eigenvalue weighted by molar-refractivity contribution is 0.190. The third-order valence-electron chi connectivity index (χ3n) is 2.78. The molecule has 3 nitrogen and oxygen atoms in total. The van der Waals surface area contributed by atoms with Gasteiger partial charge in [-0.2, -0.15) is 0 Å². The van der Waals surface area contributed by atoms with Crippen molar-refractivity contribution in [1.29, 1.82) is 0 Å². The van der Waals surface area contributed by atoms with Crippen molar-refractivity contribution in [2.45, 2.75) is 13.0 Å². The third kappa shape index (κ3) is 3.11. The number of benzene rings is 2. The number of hydrogen-bond acceptors (Lipinski definition) is 3. The molecule has 0 saturated heterocycles. The minimum atomic E-state index is -0.795. The smallest absolute Gasteiger partial charge is 0.165 e. The molecule has 0 saturated carbocycles. The van der Waals surface area contributed by atoms with E-state index in [1.54, 1.807) is 31.2 Å². The Labute approximate surface area is 125 Å². The van der Waals surface area contributed by atoms with Gasteiger partial charge < -0.3 is 14.6 Å². The van der Waals surface area contributed by atoms with E-state index >= 15 is 0 Å². The number of ether oxygens (including phenoxy) is 2. The maximum absolute atomic E-state index is 13.7. The molecule has 0 radical (unpaired) electrons. The molecule has 0 heterocycles. The van der Waals surface area contributed by atoms with Crippen LogP contribution < -0.4 is 9.47 Å². The average molecular weight is 341 g/mol. The molecule has 0 aromatic heterocycles. The number of methoxy groups -OCH3 is 1. The zero-order valence-electron chi connectivity index (χ0n) is 11.1. The molecule has 5 heteroatoms. The number of aliphatic hydroxyl groups excluding tert-OH is 1. The summed E-state index contributed by atoms with van der Waals surface area (Å²) < 4.78 is 25.2. The van der Waals surface area contributed by atoms with Gasteiger partial charge in [-0.3, -0.25) is 0 Å². The Morgan fingerprint density at radius 2 is 1.85 bits per heavy atom. The summed E-state index contributed by atoms with van der Waals surface area (Å²) in [6, 6.07) is 9.51. The van der Waals surface area contributed by atoms with Crippen LogP contribution in [0, 0.1) is 5.82 Å². The van der Waals surface area contributed by atoms with Crippen LogP contribution in [0.25, 0.3) is 0 Å². The first-order valence-corrected chi connectivity index (χ1v) is 6.80. The lowest BCUT2D eigenvalue weighted by Crippen LogP contribution is -2.00. The van der Waals surface area contributed by atoms with Crippen LogP contribution in [0.2, 0.25) is 0 Å². The molecule has 0 aliphatic carbocycles. The van der Waals surface area contributed by atoms with Crippen LogP contribution in [0.4, 0.5) is 4.39 Å². The molecular formula is C15H14BrFO3. The molecule has 0 amide bonds. The highest BCUT2D eigenvalue weighted by Gasteiger charge is 2.17. The minimum absolute atomic E-state index is 0.0783. The summed E-state index contributed by atoms with van der Waals surface area (Å²) in [7, 11) is 1.50. The Hall–Kier alpha value is -1.59. The van der Waals surface area contributed by atoms with Crippen molar-refractivity contribution < 1.29 is 19.0 Å². The first-order chi connectivity index (χ1) is 9.52. The zero-order valence-corrected chi connectivity index (χ0v) is 12.6. The predicted octanol–water partition coefficient (Wildman–Crippen LogP) is 4.44. The lowest BCUT2D eigenvalue weighted by Gasteiger charge is -2.16. The quantitative estimate of drug-likeness (QED) is 0.893. The van der Waals surface area contributed by atoms with Crippen LogP contribution in [-0.4, -0.2) is 12.2 Å². The number of hydrogen-bond donors (Lipinski definition) is 1. The summed E-state index contributed by atoms with van der Waals surface area (Å²) in [6.07, 6.45) is -0.795. The Morgan fingerprint density at radius 1 is 1.15 bits per heavy atom. The summed E-state index contributed by atoms with van der Waals surface area (Å²) in [6.45, 7) is 1.60. The fourth-order valence-corrected chi connectivity index (χ4v) is 2.22. The molecule has 0 spiro atoms. The molecule has 0 aliphatic heterocycles. The number of rotatable bonds is 4. The molecule has 106 valence electrons. The van der Waals surface area contributed by atoms with Gasteiger partial charge in [0.15, 0.2) is 11.6 Å². The van der Waals surface area contributed by atoms with Gasteiger partial charge in [-0.05, 0) is 37.3 Å². The van der Waals surface area contributed by atoms with Gasteiger partial charge in [0, 0.05) is 4.47 Å². The highest BCUT2D eigenvalue weighted by atomic mass is 79.9. The van der Waals surface area contributed by atoms with E-state index in [-0.39, 0.29) is 5.75 Å². The fraction of sp³-hybridized carbons (Fsp3) is 0.200. The van der Waals surface area contributed by atoms with E-state index in [1.807, 2.05) is 0 Å². The molecule has 2 rings (SSSR count). The van der Waals surface area contributed by atoms with Gasteiger partial charge in [0.2, 0.25) is 0 Å². The molecule has 2 aromatic carbocycles. The van der Waals surface area contributed by atoms with E-state index in [0.29, 0.717) is 21.5 Å². The van der Waals surface area contributed by atoms with Gasteiger partial charge in [0.05, 0.1) is 18.8 Å². The summed E-state index contributed by atoms with van der Waals surface area (Å²) >= 11 is 3.26. The van der Waals surface area contributed by atoms with Gasteiger partial charge in [-0.15, -0.1) is 0 Å². The van der Waals surface area contributed by atoms with E-state index in [9.17, 15) is 9.50 Å². The molecule has 0 aliphatic rings. The van der Waals surface area contributed by atoms with Crippen molar-refractivity contribution in [2.24, 2.45) is 0 Å². The van der Waals surface area contributed by atoms with Crippen LogP contribution >= 0.6 is 15.9 Å². The Balaban J connectivity index is 2.45. The second-order valence-electron chi connectivity index (χ2n) is 4.22. The maximum Gasteiger partial charge on any atom is 0.165 e. The van der Waals surface area contributed by atoms with E-state index in [2.05, 4.69) is 15.9 Å². The first-order valence-electron chi connectivity index (χ1n) is 6.00. The number of aliphatic hydroxyl groups is 1. The summed E-state index contributed by atoms with van der Waals surface area (Å²) in [5.74, 6) is 0.450. The summed E-state index contributed by atoms with van der Waals surface area (Å²) in [5.41, 5.74) is 0.481. The Kier molecular flexibility index (Phi) is 4.62. The second-order valence-corrected chi connectivity index (χ2v) is 5.14. The van der Waals surface area contributed by atoms with Crippen LogP contribution in [0.15, 0.2) is 40.9 Å². The van der Waals surface area contributed by atoms with Crippen LogP contribution in [0.1, 0.15) is 18.6 Å². The highest BCUT2D eigenvalue weighted by molar-refractivity contribution is 9.10. The van der Waals surface area contributed by atoms with E-state index in [1.165, 1.54) is 19.2 Å². The largest absolute Gasteiger partial charge is 0.496 e. The normalized spacial score (nSPS) is 12.1. The average Bonchev–Trinajstić information content (AvgIpc) is 2.42. The molecule has 1 N–H and O–H groups in total. The van der Waals surface area contributed by atoms with Crippen molar-refractivity contribution in [3.05, 3.63) is 52.3 Å². The number of halogens is 2. The summed E-state index contributed by atoms with van der Waals surface area (Å²) in [5, 5.41) is 9.86. The molecule has 1 atom stereocenters. The van der Waals surface area contributed by atoms with Crippen molar-refractivity contribution in [3.8, 4) is 17.2 Å². The zero-order chi connectivity index (χ0) is 14.7. The van der Waals surface area contributed by atoms with Gasteiger partial charge in [-0.25, -0.2) is 4.39 Å². The standard InChI is InChI=1S/C15H14BrFO3/c1-9(18)15-12(19-2)4-3-5-13(15)20-14-8-10(16)6-7-11(14)17/h3-9,18H,1-2H3. The van der Waals surface area contributed by atoms with Crippen molar-refractivity contribution in [1.82, 2.24) is 0 Å². The third-order valence-corrected chi connectivity index (χ3v) is 3.27. The van der Waals surface area contributed by atoms with Crippen molar-refractivity contribution in [2.75, 3.05) is 7.11 Å². The lowest BCUT2D eigenvalue weighted by atomic mass is 10.1. The maximum atomic E-state index is 13.7. The highest BCUT2D eigenvalue weighted by Crippen LogP contribution is 2.37. The van der Waals surface area contributed by atoms with Crippen molar-refractivity contribution >= 4 is 15.9 Å². The topological polar surface area (TPSA) is 38.7 Å². The van der Waals surface area contributed by atoms with E-state index in [0.717, 1.165) is 0 Å². The monoisotopic (exact) mass is 340 g/mol. The molecule has 2 aromatic rings. The van der Waals surface area contributed by atoms with Crippen LogP contribution in [0.5, 0.6) is 17.2 Å². The molecule has 1 unspecified atom stereocenters. The summed E-state index contributed by atoms with van der Waals surface area (Å²) in [4.78, 5) is 0. The van der Waals surface area contributed by atoms with Gasteiger partial charge in [-0.1, -0.05) is 22.0 Å². The van der Waals surface area contributed by atoms with E-state index < -0.39 is 11.9 Å². The molecular weight excluding hydrogens is 327 g/mol. The van der Waals surface area contributed by atoms with Gasteiger partial charge in [0.1, 0.15) is 11.5 Å². The first kappa shape index (κ1) is 14.8. The Morgan fingerprint density at radius 3 is 2.50 bits per heavy atom. The van der Waals surface area contributed by atoms with Gasteiger partial charge in [0.25, 0.3) is 0 Å². The fourth-order valence-electron chi connectivity index (χ4n) is 1.88. The molecule has 20 heavy (non-hydrogen) atoms. The Bertz CT molecular complexity index is 614. The minimum Gasteiger partial charge on any atom is -0.496 e. The molecule has 0 bridgehead atoms. The van der Waals surface area contributed by atoms with Crippen LogP contribution in [-0.2, 0) is 0 Å². The van der Waals surface area contributed by atoms with E-state index in [4.69, 9.17) is 9.47 Å². The predicted molar refractivity (Wildman–Crippen MR) is 77.8 cm³/mol.